The summed E-state index contributed by atoms with van der Waals surface area (Å²) >= 11 is 0. The normalized spacial score (nSPS) is 17.7. The van der Waals surface area contributed by atoms with Crippen molar-refractivity contribution in [2.24, 2.45) is 5.50 Å². The van der Waals surface area contributed by atoms with Crippen LogP contribution < -0.4 is 5.50 Å². The molecule has 0 aliphatic carbocycles. The van der Waals surface area contributed by atoms with E-state index in [0.29, 0.717) is 8.42 Å². The smallest absolute Gasteiger partial charge is 0.0189 e. The van der Waals surface area contributed by atoms with E-state index in [9.17, 15) is 0 Å². The van der Waals surface area contributed by atoms with Crippen LogP contribution in [0.25, 0.3) is 0 Å². The molecule has 8 atom stereocenters. The van der Waals surface area contributed by atoms with Gasteiger partial charge in [0, 0.05) is 0 Å². The highest BCUT2D eigenvalue weighted by Gasteiger charge is 2.13. The standard InChI is InChI=1S/H13NP10/c1-6-7-11(10(4)5)8-9(2)3/h6-8H,1-5H2. The van der Waals surface area contributed by atoms with E-state index >= 15 is 0 Å². The van der Waals surface area contributed by atoms with Crippen molar-refractivity contribution in [1.29, 1.82) is 0 Å². The second kappa shape index (κ2) is 9.48. The van der Waals surface area contributed by atoms with Crippen molar-refractivity contribution >= 4 is 81.0 Å². The molecule has 0 saturated heterocycles. The van der Waals surface area contributed by atoms with Crippen molar-refractivity contribution in [2.75, 3.05) is 0 Å². The van der Waals surface area contributed by atoms with Gasteiger partial charge in [0.25, 0.3) is 0 Å². The lowest BCUT2D eigenvalue weighted by molar-refractivity contribution is 2.05. The Hall–Kier alpha value is 4.26. The van der Waals surface area contributed by atoms with Gasteiger partial charge >= 0.3 is 0 Å². The first-order valence-corrected chi connectivity index (χ1v) is 20.2. The monoisotopic (exact) mass is 337 g/mol. The number of hydrogen-bond acceptors (Lipinski definition) is 1. The molecule has 0 saturated carbocycles. The molecule has 1 nitrogen and oxygen atoms in total. The van der Waals surface area contributed by atoms with Gasteiger partial charge in [-0.25, -0.2) is 0 Å². The summed E-state index contributed by atoms with van der Waals surface area (Å²) in [6.07, 6.45) is 0. The summed E-state index contributed by atoms with van der Waals surface area (Å²) in [5, 5.41) is 0. The van der Waals surface area contributed by atoms with Crippen molar-refractivity contribution in [2.45, 2.75) is 0 Å². The van der Waals surface area contributed by atoms with Crippen molar-refractivity contribution in [3.8, 4) is 0 Å². The molecule has 0 aromatic rings. The molecule has 68 valence electrons. The summed E-state index contributed by atoms with van der Waals surface area (Å²) < 4.78 is 0. The fourth-order valence-electron chi connectivity index (χ4n) is 0.305. The molecule has 8 unspecified atom stereocenters. The first-order valence-electron chi connectivity index (χ1n) is 2.44. The van der Waals surface area contributed by atoms with Crippen molar-refractivity contribution < 1.29 is 0 Å². The molecule has 0 heterocycles. The predicted molar refractivity (Wildman–Crippen MR) is 88.7 cm³/mol. The zero-order chi connectivity index (χ0) is 8.85. The first kappa shape index (κ1) is 15.3. The van der Waals surface area contributed by atoms with Crippen LogP contribution in [0.1, 0.15) is 0 Å². The number of nitrogens with two attached hydrogens (primary N) is 1. The number of rotatable bonds is 5. The molecular formula is H13NP10. The van der Waals surface area contributed by atoms with Crippen LogP contribution >= 0.6 is 81.0 Å². The maximum atomic E-state index is 5.59. The Labute approximate surface area is 86.4 Å². The molecule has 11 heavy (non-hydrogen) atoms. The maximum Gasteiger partial charge on any atom is -0.0189 e. The van der Waals surface area contributed by atoms with E-state index in [4.69, 9.17) is 5.50 Å². The summed E-state index contributed by atoms with van der Waals surface area (Å²) in [6.45, 7) is 0.550. The van der Waals surface area contributed by atoms with Crippen LogP contribution in [0.15, 0.2) is 0 Å². The van der Waals surface area contributed by atoms with Crippen LogP contribution in [0.2, 0.25) is 0 Å². The minimum absolute atomic E-state index is 0.137. The number of hydrogen-bond donors (Lipinski definition) is 1. The van der Waals surface area contributed by atoms with Crippen LogP contribution in [-0.2, 0) is 0 Å². The predicted octanol–water partition coefficient (Wildman–Crippen LogP) is 5.08. The fraction of sp³-hybridized carbons (Fsp3) is 0. The van der Waals surface area contributed by atoms with Crippen LogP contribution in [0.3, 0.4) is 0 Å². The Morgan fingerprint density at radius 2 is 1.64 bits per heavy atom. The second-order valence-corrected chi connectivity index (χ2v) is 36.7. The minimum atomic E-state index is 0.137. The van der Waals surface area contributed by atoms with Gasteiger partial charge in [-0.15, -0.1) is 35.7 Å². The summed E-state index contributed by atoms with van der Waals surface area (Å²) in [6, 6.07) is 0. The highest BCUT2D eigenvalue weighted by Crippen LogP contribution is 3.03. The lowest BCUT2D eigenvalue weighted by atomic mass is 13.9. The summed E-state index contributed by atoms with van der Waals surface area (Å²) in [7, 11) is 14.6. The molecule has 0 radical (unpaired) electrons. The van der Waals surface area contributed by atoms with E-state index in [1.807, 2.05) is 0 Å². The lowest BCUT2D eigenvalue weighted by Crippen LogP contribution is -1.57. The maximum absolute atomic E-state index is 5.59. The summed E-state index contributed by atoms with van der Waals surface area (Å²) in [5.74, 6) is 0. The quantitative estimate of drug-likeness (QED) is 0.696. The molecule has 0 spiro atoms. The Bertz CT molecular complexity index is 86.9. The van der Waals surface area contributed by atoms with Crippen molar-refractivity contribution in [3.05, 3.63) is 0 Å². The lowest BCUT2D eigenvalue weighted by Gasteiger charge is -2.21. The van der Waals surface area contributed by atoms with Gasteiger partial charge in [0.05, 0.1) is 0 Å². The average molecular weight is 337 g/mol. The summed E-state index contributed by atoms with van der Waals surface area (Å²) in [4.78, 5) is 0. The molecule has 0 aliphatic rings. The molecule has 0 bridgehead atoms. The second-order valence-electron chi connectivity index (χ2n) is 1.46. The molecule has 0 rings (SSSR count). The molecule has 0 aromatic heterocycles. The van der Waals surface area contributed by atoms with Gasteiger partial charge in [0.15, 0.2) is 0 Å². The molecular weight excluding hydrogens is 324 g/mol. The average Bonchev–Trinajstić information content (AvgIpc) is 1.86. The van der Waals surface area contributed by atoms with Gasteiger partial charge < -0.3 is 5.50 Å². The van der Waals surface area contributed by atoms with E-state index in [1.54, 1.807) is 0 Å². The third-order valence-electron chi connectivity index (χ3n) is 0.612. The van der Waals surface area contributed by atoms with E-state index in [-0.39, 0.29) is 21.0 Å². The zero-order valence-corrected chi connectivity index (χ0v) is 16.0. The van der Waals surface area contributed by atoms with Gasteiger partial charge in [-0.2, -0.15) is 0 Å². The fourth-order valence-corrected chi connectivity index (χ4v) is 64.2. The highest BCUT2D eigenvalue weighted by molar-refractivity contribution is 9.08. The Kier molecular flexibility index (Phi) is 13.2. The minimum Gasteiger partial charge on any atom is -0.309 e. The van der Waals surface area contributed by atoms with Gasteiger partial charge in [-0.1, -0.05) is 7.96 Å². The molecule has 11 heteroatoms. The highest BCUT2D eigenvalue weighted by atomic mass is 33.1. The van der Waals surface area contributed by atoms with Crippen molar-refractivity contribution in [1.82, 2.24) is 0 Å². The van der Waals surface area contributed by atoms with E-state index in [2.05, 4.69) is 35.7 Å². The largest absolute Gasteiger partial charge is 0.309 e. The van der Waals surface area contributed by atoms with E-state index < -0.39 is 0 Å². The van der Waals surface area contributed by atoms with E-state index in [0.717, 1.165) is 15.9 Å². The molecule has 0 amide bonds. The topological polar surface area (TPSA) is 26.0 Å². The summed E-state index contributed by atoms with van der Waals surface area (Å²) in [5.41, 5.74) is 5.59. The van der Waals surface area contributed by atoms with Crippen LogP contribution in [0.5, 0.6) is 0 Å². The Morgan fingerprint density at radius 3 is 1.91 bits per heavy atom. The zero-order valence-electron chi connectivity index (χ0n) is 5.73. The Balaban J connectivity index is 3.69. The molecule has 0 fully saturated rings. The molecule has 0 aliphatic heterocycles. The van der Waals surface area contributed by atoms with Gasteiger partial charge in [-0.3, -0.25) is 0 Å². The molecule has 2 N–H and O–H groups in total. The third-order valence-corrected chi connectivity index (χ3v) is 46.1. The van der Waals surface area contributed by atoms with Crippen LogP contribution in [-0.4, -0.2) is 0 Å². The SMILES string of the molecule is NPPP(PP(P)P)P(P)P. The first-order chi connectivity index (χ1) is 5.07. The van der Waals surface area contributed by atoms with Gasteiger partial charge in [0.2, 0.25) is 0 Å². The van der Waals surface area contributed by atoms with Gasteiger partial charge in [-0.05, 0) is 37.3 Å². The van der Waals surface area contributed by atoms with Crippen molar-refractivity contribution in [3.63, 3.8) is 0 Å². The van der Waals surface area contributed by atoms with E-state index in [1.165, 1.54) is 0 Å². The van der Waals surface area contributed by atoms with Gasteiger partial charge in [0.1, 0.15) is 0 Å². The molecule has 0 aromatic carbocycles. The third kappa shape index (κ3) is 9.20. The van der Waals surface area contributed by atoms with Crippen LogP contribution in [0, 0.1) is 0 Å². The van der Waals surface area contributed by atoms with Crippen LogP contribution in [0.4, 0.5) is 0 Å². The Morgan fingerprint density at radius 1 is 1.09 bits per heavy atom.